The lowest BCUT2D eigenvalue weighted by Gasteiger charge is -2.14. The van der Waals surface area contributed by atoms with Crippen molar-refractivity contribution in [1.82, 2.24) is 0 Å². The van der Waals surface area contributed by atoms with E-state index in [4.69, 9.17) is 0 Å². The summed E-state index contributed by atoms with van der Waals surface area (Å²) in [6.45, 7) is 0. The summed E-state index contributed by atoms with van der Waals surface area (Å²) in [4.78, 5) is 53.2. The van der Waals surface area contributed by atoms with E-state index >= 15 is 0 Å². The van der Waals surface area contributed by atoms with E-state index in [1.165, 1.54) is 36.4 Å². The molecule has 0 radical (unpaired) electrons. The van der Waals surface area contributed by atoms with Gasteiger partial charge in [-0.05, 0) is 80.9 Å². The average Bonchev–Trinajstić information content (AvgIpc) is 0.807. The fraction of sp³-hybridized carbons (Fsp3) is 0. The normalized spacial score (nSPS) is 12.7. The second-order valence-electron chi connectivity index (χ2n) is 19.9. The van der Waals surface area contributed by atoms with Crippen molar-refractivity contribution >= 4 is 165 Å². The van der Waals surface area contributed by atoms with Gasteiger partial charge in [-0.1, -0.05) is 120 Å². The first kappa shape index (κ1) is 73.9. The number of nitroso groups, excluding NO2 is 3. The molecular formula is C56H40N8O28S7. The Bertz CT molecular complexity index is 5750. The van der Waals surface area contributed by atoms with Crippen molar-refractivity contribution in [3.05, 3.63) is 247 Å². The van der Waals surface area contributed by atoms with Gasteiger partial charge in [0.2, 0.25) is 0 Å². The number of benzene rings is 8. The first-order chi connectivity index (χ1) is 45.8. The monoisotopic (exact) mass is 1500 g/mol. The molecule has 0 saturated carbocycles. The van der Waals surface area contributed by atoms with Gasteiger partial charge in [-0.3, -0.25) is 52.1 Å². The molecule has 8 rings (SSSR count). The van der Waals surface area contributed by atoms with Crippen molar-refractivity contribution in [2.75, 3.05) is 0 Å². The number of non-ortho nitro benzene ring substituents is 2. The molecule has 0 spiro atoms. The minimum atomic E-state index is -5.32. The average molecular weight is 1500 g/mol. The molecule has 0 aliphatic heterocycles. The quantitative estimate of drug-likeness (QED) is 0.00870. The molecule has 514 valence electrons. The predicted molar refractivity (Wildman–Crippen MR) is 348 cm³/mol. The standard InChI is InChI=1S/C56H40N8O28S7/c65-60(45-21-2-34(3-22-45)1-4-35-16-25-48(63(68)69)32-55(35)98(87,88)89)57-42-18-11-36(50(27-42)93(72,73)74)5-6-37-12-19-43(28-51(37)94(75,76)77)58-61(66)46-23-14-39(53(30-46)96(81,82)83)8-7-38-13-20-44(29-52(38)95(78,79)80)59-62(67)47-24-15-40(54(31-47)97(84,85)86)9-10-41-17-26-49(64(70)71)33-56(41)99(90,91)92/h1-33H,(H,72,73,74)(H,75,76,77)(H,78,79,80)(H,81,82,83)(H,84,85,86)(H,87,88,89)(H,90,91,92)/b4-1+,6-5?,8-7?,10-9+,60-57?,61-58?,62-59?. The van der Waals surface area contributed by atoms with E-state index in [1.807, 2.05) is 0 Å². The van der Waals surface area contributed by atoms with E-state index in [9.17, 15) is 126 Å². The minimum absolute atomic E-state index is 0.0535. The summed E-state index contributed by atoms with van der Waals surface area (Å²) < 4.78 is 244. The zero-order valence-electron chi connectivity index (χ0n) is 48.7. The van der Waals surface area contributed by atoms with Crippen LogP contribution in [0.1, 0.15) is 44.5 Å². The van der Waals surface area contributed by atoms with E-state index in [2.05, 4.69) is 16.3 Å². The van der Waals surface area contributed by atoms with Crippen molar-refractivity contribution in [3.8, 4) is 0 Å². The Labute approximate surface area is 558 Å². The Kier molecular flexibility index (Phi) is 21.1. The molecule has 43 heteroatoms. The van der Waals surface area contributed by atoms with Crippen molar-refractivity contribution in [3.63, 3.8) is 0 Å². The van der Waals surface area contributed by atoms with Gasteiger partial charge in [0.1, 0.15) is 34.3 Å². The van der Waals surface area contributed by atoms with Gasteiger partial charge in [0, 0.05) is 90.0 Å². The lowest BCUT2D eigenvalue weighted by atomic mass is 10.1. The van der Waals surface area contributed by atoms with Crippen LogP contribution in [0.25, 0.3) is 64.9 Å². The summed E-state index contributed by atoms with van der Waals surface area (Å²) in [6.07, 6.45) is 8.02. The van der Waals surface area contributed by atoms with Gasteiger partial charge in [-0.2, -0.15) is 58.9 Å². The number of nitro groups is 2. The number of rotatable bonds is 26. The van der Waals surface area contributed by atoms with Gasteiger partial charge < -0.3 is 16.3 Å². The summed E-state index contributed by atoms with van der Waals surface area (Å²) in [6, 6.07) is 23.1. The molecule has 8 aromatic rings. The van der Waals surface area contributed by atoms with Crippen LogP contribution in [0.15, 0.2) is 186 Å². The molecule has 0 amide bonds. The maximum Gasteiger partial charge on any atom is 0.295 e. The molecule has 0 fully saturated rings. The van der Waals surface area contributed by atoms with E-state index in [-0.39, 0.29) is 42.7 Å². The van der Waals surface area contributed by atoms with Crippen LogP contribution < -0.4 is 0 Å². The molecule has 0 aliphatic carbocycles. The second-order valence-corrected chi connectivity index (χ2v) is 29.7. The Morgan fingerprint density at radius 2 is 0.444 bits per heavy atom. The maximum atomic E-state index is 13.4. The Hall–Kier alpha value is -10.9. The van der Waals surface area contributed by atoms with Crippen molar-refractivity contribution in [2.45, 2.75) is 34.3 Å². The first-order valence-corrected chi connectivity index (χ1v) is 36.4. The van der Waals surface area contributed by atoms with Gasteiger partial charge >= 0.3 is 0 Å². The molecule has 0 atom stereocenters. The highest BCUT2D eigenvalue weighted by molar-refractivity contribution is 7.87. The van der Waals surface area contributed by atoms with Crippen LogP contribution in [0.4, 0.5) is 45.5 Å². The zero-order valence-corrected chi connectivity index (χ0v) is 54.4. The first-order valence-electron chi connectivity index (χ1n) is 26.3. The lowest BCUT2D eigenvalue weighted by molar-refractivity contribution is -0.401. The summed E-state index contributed by atoms with van der Waals surface area (Å²) in [5, 5.41) is 22.3. The van der Waals surface area contributed by atoms with Crippen molar-refractivity contribution < 1.29 is 115 Å². The van der Waals surface area contributed by atoms with Crippen molar-refractivity contribution in [2.24, 2.45) is 0 Å². The second kappa shape index (κ2) is 28.3. The van der Waals surface area contributed by atoms with Crippen LogP contribution in [-0.2, 0) is 70.8 Å². The van der Waals surface area contributed by atoms with Gasteiger partial charge in [-0.25, -0.2) is 0 Å². The maximum absolute atomic E-state index is 13.4. The predicted octanol–water partition coefficient (Wildman–Crippen LogP) is 11.0. The molecule has 0 bridgehead atoms. The molecule has 36 nitrogen and oxygen atoms in total. The van der Waals surface area contributed by atoms with E-state index in [1.54, 1.807) is 0 Å². The molecule has 7 N–H and O–H groups in total. The van der Waals surface area contributed by atoms with Crippen LogP contribution in [0.3, 0.4) is 0 Å². The molecular weight excluding hydrogens is 1460 g/mol. The third-order valence-electron chi connectivity index (χ3n) is 13.3. The highest BCUT2D eigenvalue weighted by atomic mass is 32.2. The third kappa shape index (κ3) is 18.6. The molecule has 0 aliphatic rings. The Morgan fingerprint density at radius 3 is 0.687 bits per heavy atom. The van der Waals surface area contributed by atoms with Crippen LogP contribution in [0, 0.1) is 34.9 Å². The Balaban J connectivity index is 0.970. The van der Waals surface area contributed by atoms with E-state index in [0.29, 0.717) is 42.0 Å². The number of nitrogens with zero attached hydrogens (tertiary/aromatic N) is 8. The van der Waals surface area contributed by atoms with Gasteiger partial charge in [-0.15, -0.1) is 0 Å². The van der Waals surface area contributed by atoms with Gasteiger partial charge in [0.25, 0.3) is 99.3 Å². The Morgan fingerprint density at radius 1 is 0.253 bits per heavy atom. The summed E-state index contributed by atoms with van der Waals surface area (Å²) in [7, 11) is -36.2. The van der Waals surface area contributed by atoms with Crippen LogP contribution >= 0.6 is 0 Å². The summed E-state index contributed by atoms with van der Waals surface area (Å²) in [5.41, 5.74) is 4.63. The highest BCUT2D eigenvalue weighted by Gasteiger charge is 2.26. The molecule has 0 heterocycles. The lowest BCUT2D eigenvalue weighted by Crippen LogP contribution is -2.04. The smallest absolute Gasteiger partial charge is 0.295 e. The zero-order chi connectivity index (χ0) is 73.1. The fourth-order valence-corrected chi connectivity index (χ4v) is 13.7. The molecule has 8 aromatic carbocycles. The van der Waals surface area contributed by atoms with Crippen molar-refractivity contribution in [1.29, 1.82) is 0 Å². The largest absolute Gasteiger partial charge is 0.354 e. The van der Waals surface area contributed by atoms with Crippen LogP contribution in [0.5, 0.6) is 0 Å². The number of nitro benzene ring substituents is 2. The van der Waals surface area contributed by atoms with Crippen LogP contribution in [-0.4, -0.2) is 115 Å². The summed E-state index contributed by atoms with van der Waals surface area (Å²) in [5.74, 6) is 0. The molecule has 0 aromatic heterocycles. The summed E-state index contributed by atoms with van der Waals surface area (Å²) >= 11 is 0. The fourth-order valence-electron chi connectivity index (χ4n) is 8.77. The van der Waals surface area contributed by atoms with Gasteiger partial charge in [0.05, 0.1) is 9.85 Å². The topological polar surface area (TPSA) is 569 Å². The van der Waals surface area contributed by atoms with Crippen LogP contribution in [0.2, 0.25) is 0 Å². The van der Waals surface area contributed by atoms with Gasteiger partial charge in [0.15, 0.2) is 0 Å². The highest BCUT2D eigenvalue weighted by Crippen LogP contribution is 2.37. The third-order valence-corrected chi connectivity index (χ3v) is 19.7. The minimum Gasteiger partial charge on any atom is -0.354 e. The van der Waals surface area contributed by atoms with E-state index in [0.717, 1.165) is 127 Å². The number of hydrogen-bond donors (Lipinski definition) is 7. The molecule has 99 heavy (non-hydrogen) atoms. The SMILES string of the molecule is O=[N+]([O-])c1ccc(/C=C/c2ccc([N+](=O)[N-]c3ccc(C=Cc4ccc([N-][N+](=O)c5ccc(C=Cc6ccc([N-][N+](=O)c7ccc(/C=C/c8ccc([N+](=O)[O-])cc8S(=O)(=O)O)c(S(=O)(=O)O)c7)cc6S(=O)(=O)O)c(S(=O)(=O)O)c5)cc4S(=O)(=O)O)c(S(=O)(=O)O)c3)cc2)c(S(=O)(=O)O)c1. The molecule has 0 unspecified atom stereocenters. The van der Waals surface area contributed by atoms with E-state index < -0.39 is 171 Å². The number of hydrogen-bond acceptors (Lipinski definition) is 21. The molecule has 0 saturated heterocycles.